The predicted molar refractivity (Wildman–Crippen MR) is 80.4 cm³/mol. The maximum absolute atomic E-state index is 12.0. The molecule has 0 saturated carbocycles. The molecule has 21 heavy (non-hydrogen) atoms. The largest absolute Gasteiger partial charge is 0.355 e. The van der Waals surface area contributed by atoms with Crippen LogP contribution in [0.25, 0.3) is 0 Å². The summed E-state index contributed by atoms with van der Waals surface area (Å²) < 4.78 is 1.44. The average Bonchev–Trinajstić information content (AvgIpc) is 2.42. The topological polar surface area (TPSA) is 68.2 Å². The minimum absolute atomic E-state index is 0.00657. The molecule has 1 aromatic rings. The van der Waals surface area contributed by atoms with Crippen LogP contribution in [-0.2, 0) is 17.8 Å². The van der Waals surface area contributed by atoms with Gasteiger partial charge >= 0.3 is 0 Å². The zero-order chi connectivity index (χ0) is 15.4. The minimum atomic E-state index is -0.220. The van der Waals surface area contributed by atoms with Crippen LogP contribution >= 0.6 is 0 Å². The van der Waals surface area contributed by atoms with Crippen LogP contribution in [0.15, 0.2) is 16.9 Å². The van der Waals surface area contributed by atoms with E-state index in [1.165, 1.54) is 10.6 Å². The fourth-order valence-electron chi connectivity index (χ4n) is 2.57. The smallest absolute Gasteiger partial charge is 0.251 e. The number of carbonyl (C=O) groups excluding carboxylic acids is 2. The second-order valence-electron chi connectivity index (χ2n) is 5.93. The molecule has 0 radical (unpaired) electrons. The monoisotopic (exact) mass is 290 g/mol. The quantitative estimate of drug-likeness (QED) is 0.894. The summed E-state index contributed by atoms with van der Waals surface area (Å²) in [5, 5.41) is 2.82. The summed E-state index contributed by atoms with van der Waals surface area (Å²) in [6, 6.07) is 2.97. The van der Waals surface area contributed by atoms with Crippen LogP contribution in [0.3, 0.4) is 0 Å². The molecule has 0 fully saturated rings. The van der Waals surface area contributed by atoms with E-state index in [0.717, 1.165) is 12.8 Å². The van der Waals surface area contributed by atoms with Gasteiger partial charge in [-0.2, -0.15) is 0 Å². The van der Waals surface area contributed by atoms with Crippen molar-refractivity contribution in [3.05, 3.63) is 33.7 Å². The summed E-state index contributed by atoms with van der Waals surface area (Å²) in [5.41, 5.74) is 1.08. The molecule has 0 aliphatic heterocycles. The maximum Gasteiger partial charge on any atom is 0.251 e. The van der Waals surface area contributed by atoms with Gasteiger partial charge in [0.1, 0.15) is 6.54 Å². The molecular weight excluding hydrogens is 268 g/mol. The van der Waals surface area contributed by atoms with Crippen LogP contribution in [-0.4, -0.2) is 22.8 Å². The lowest BCUT2D eigenvalue weighted by atomic mass is 9.94. The zero-order valence-electron chi connectivity index (χ0n) is 12.6. The number of hydrogen-bond donors (Lipinski definition) is 1. The Morgan fingerprint density at radius 2 is 2.05 bits per heavy atom. The number of rotatable bonds is 5. The fourth-order valence-corrected chi connectivity index (χ4v) is 2.57. The van der Waals surface area contributed by atoms with Gasteiger partial charge in [0, 0.05) is 30.3 Å². The number of amides is 1. The fraction of sp³-hybridized carbons (Fsp3) is 0.562. The average molecular weight is 290 g/mol. The standard InChI is InChI=1S/C16H22N2O3/c1-11(2)8-9-17-15(20)10-18-13-4-3-5-14(19)12(13)6-7-16(18)21/h6-7,11H,3-5,8-10H2,1-2H3,(H,17,20). The Morgan fingerprint density at radius 1 is 1.29 bits per heavy atom. The summed E-state index contributed by atoms with van der Waals surface area (Å²) in [7, 11) is 0. The molecule has 1 aliphatic carbocycles. The third-order valence-corrected chi connectivity index (χ3v) is 3.76. The summed E-state index contributed by atoms with van der Waals surface area (Å²) in [6.07, 6.45) is 2.85. The molecule has 2 rings (SSSR count). The van der Waals surface area contributed by atoms with Crippen LogP contribution in [0.2, 0.25) is 0 Å². The second-order valence-corrected chi connectivity index (χ2v) is 5.93. The Bertz CT molecular complexity index is 602. The van der Waals surface area contributed by atoms with Crippen molar-refractivity contribution < 1.29 is 9.59 Å². The van der Waals surface area contributed by atoms with Crippen molar-refractivity contribution in [1.82, 2.24) is 9.88 Å². The van der Waals surface area contributed by atoms with Crippen molar-refractivity contribution in [3.8, 4) is 0 Å². The van der Waals surface area contributed by atoms with E-state index in [2.05, 4.69) is 19.2 Å². The lowest BCUT2D eigenvalue weighted by Gasteiger charge is -2.19. The van der Waals surface area contributed by atoms with E-state index in [9.17, 15) is 14.4 Å². The number of nitrogens with one attached hydrogen (secondary N) is 1. The molecule has 5 nitrogen and oxygen atoms in total. The van der Waals surface area contributed by atoms with Gasteiger partial charge in [0.25, 0.3) is 5.56 Å². The van der Waals surface area contributed by atoms with E-state index >= 15 is 0 Å². The third-order valence-electron chi connectivity index (χ3n) is 3.76. The van der Waals surface area contributed by atoms with Gasteiger partial charge in [0.15, 0.2) is 5.78 Å². The number of hydrogen-bond acceptors (Lipinski definition) is 3. The molecule has 0 atom stereocenters. The highest BCUT2D eigenvalue weighted by Crippen LogP contribution is 2.19. The van der Waals surface area contributed by atoms with E-state index in [1.807, 2.05) is 0 Å². The van der Waals surface area contributed by atoms with Crippen LogP contribution in [0.4, 0.5) is 0 Å². The lowest BCUT2D eigenvalue weighted by molar-refractivity contribution is -0.121. The van der Waals surface area contributed by atoms with Crippen molar-refractivity contribution >= 4 is 11.7 Å². The van der Waals surface area contributed by atoms with Gasteiger partial charge in [-0.25, -0.2) is 0 Å². The van der Waals surface area contributed by atoms with E-state index < -0.39 is 0 Å². The van der Waals surface area contributed by atoms with Crippen molar-refractivity contribution in [2.24, 2.45) is 5.92 Å². The van der Waals surface area contributed by atoms with Gasteiger partial charge < -0.3 is 9.88 Å². The van der Waals surface area contributed by atoms with E-state index in [1.54, 1.807) is 6.07 Å². The van der Waals surface area contributed by atoms with Gasteiger partial charge in [0.2, 0.25) is 5.91 Å². The van der Waals surface area contributed by atoms with Crippen LogP contribution in [0.1, 0.15) is 49.2 Å². The van der Waals surface area contributed by atoms with Crippen molar-refractivity contribution in [2.45, 2.75) is 46.1 Å². The number of pyridine rings is 1. The molecule has 0 bridgehead atoms. The Morgan fingerprint density at radius 3 is 2.76 bits per heavy atom. The minimum Gasteiger partial charge on any atom is -0.355 e. The van der Waals surface area contributed by atoms with Gasteiger partial charge in [-0.15, -0.1) is 0 Å². The van der Waals surface area contributed by atoms with Gasteiger partial charge in [-0.05, 0) is 31.2 Å². The lowest BCUT2D eigenvalue weighted by Crippen LogP contribution is -2.36. The predicted octanol–water partition coefficient (Wildman–Crippen LogP) is 1.53. The molecule has 0 spiro atoms. The SMILES string of the molecule is CC(C)CCNC(=O)Cn1c2c(ccc1=O)C(=O)CCC2. The number of ketones is 1. The molecule has 1 N–H and O–H groups in total. The van der Waals surface area contributed by atoms with E-state index in [-0.39, 0.29) is 23.8 Å². The van der Waals surface area contributed by atoms with E-state index in [4.69, 9.17) is 0 Å². The van der Waals surface area contributed by atoms with E-state index in [0.29, 0.717) is 36.6 Å². The Hall–Kier alpha value is -1.91. The summed E-state index contributed by atoms with van der Waals surface area (Å²) >= 11 is 0. The summed E-state index contributed by atoms with van der Waals surface area (Å²) in [5.74, 6) is 0.407. The Kier molecular flexibility index (Phi) is 4.94. The maximum atomic E-state index is 12.0. The summed E-state index contributed by atoms with van der Waals surface area (Å²) in [6.45, 7) is 4.79. The molecule has 1 amide bonds. The molecular formula is C16H22N2O3. The third kappa shape index (κ3) is 3.80. The Balaban J connectivity index is 2.13. The molecule has 1 aromatic heterocycles. The van der Waals surface area contributed by atoms with Gasteiger partial charge in [-0.1, -0.05) is 13.8 Å². The highest BCUT2D eigenvalue weighted by Gasteiger charge is 2.21. The number of carbonyl (C=O) groups is 2. The Labute approximate surface area is 124 Å². The number of aromatic nitrogens is 1. The first kappa shape index (κ1) is 15.5. The molecule has 0 aromatic carbocycles. The highest BCUT2D eigenvalue weighted by molar-refractivity contribution is 5.98. The summed E-state index contributed by atoms with van der Waals surface area (Å²) in [4.78, 5) is 35.8. The first-order valence-corrected chi connectivity index (χ1v) is 7.51. The molecule has 5 heteroatoms. The number of nitrogens with zero attached hydrogens (tertiary/aromatic N) is 1. The van der Waals surface area contributed by atoms with Crippen molar-refractivity contribution in [3.63, 3.8) is 0 Å². The highest BCUT2D eigenvalue weighted by atomic mass is 16.2. The molecule has 0 unspecified atom stereocenters. The molecule has 114 valence electrons. The van der Waals surface area contributed by atoms with Crippen molar-refractivity contribution in [2.75, 3.05) is 6.54 Å². The van der Waals surface area contributed by atoms with Crippen LogP contribution in [0, 0.1) is 5.92 Å². The normalized spacial score (nSPS) is 14.1. The molecule has 1 aliphatic rings. The first-order valence-electron chi connectivity index (χ1n) is 7.51. The van der Waals surface area contributed by atoms with Gasteiger partial charge in [-0.3, -0.25) is 14.4 Å². The van der Waals surface area contributed by atoms with Crippen LogP contribution < -0.4 is 10.9 Å². The second kappa shape index (κ2) is 6.70. The molecule has 1 heterocycles. The molecule has 0 saturated heterocycles. The number of Topliss-reactive ketones (excluding diaryl/α,β-unsaturated/α-hetero) is 1. The zero-order valence-corrected chi connectivity index (χ0v) is 12.6. The number of fused-ring (bicyclic) bond motifs is 1. The van der Waals surface area contributed by atoms with Crippen LogP contribution in [0.5, 0.6) is 0 Å². The van der Waals surface area contributed by atoms with Gasteiger partial charge in [0.05, 0.1) is 0 Å². The first-order chi connectivity index (χ1) is 9.99. The van der Waals surface area contributed by atoms with Crippen molar-refractivity contribution in [1.29, 1.82) is 0 Å².